The lowest BCUT2D eigenvalue weighted by Crippen LogP contribution is -2.53. The molecule has 0 bridgehead atoms. The molecule has 0 saturated heterocycles. The van der Waals surface area contributed by atoms with Crippen molar-refractivity contribution >= 4 is 26.5 Å². The van der Waals surface area contributed by atoms with E-state index in [2.05, 4.69) is 84.2 Å². The SMILES string of the molecule is Cc1cc([Si](C)(C)C2=CC=CC2)c(O)c([Si](C)(C)C(C)(C)C)c1. The van der Waals surface area contributed by atoms with Crippen LogP contribution in [0.1, 0.15) is 32.8 Å². The lowest BCUT2D eigenvalue weighted by Gasteiger charge is -2.39. The van der Waals surface area contributed by atoms with Crippen molar-refractivity contribution in [2.45, 2.75) is 65.3 Å². The highest BCUT2D eigenvalue weighted by atomic mass is 28.3. The molecule has 23 heavy (non-hydrogen) atoms. The maximum Gasteiger partial charge on any atom is 0.114 e. The minimum Gasteiger partial charge on any atom is -0.508 e. The molecule has 0 heterocycles. The lowest BCUT2D eigenvalue weighted by molar-refractivity contribution is 0.482. The summed E-state index contributed by atoms with van der Waals surface area (Å²) < 4.78 is 0. The Kier molecular flexibility index (Phi) is 4.59. The molecule has 0 spiro atoms. The monoisotopic (exact) mass is 344 g/mol. The van der Waals surface area contributed by atoms with Crippen LogP contribution in [0.15, 0.2) is 35.6 Å². The molecule has 0 aromatic heterocycles. The number of benzene rings is 1. The van der Waals surface area contributed by atoms with Crippen LogP contribution < -0.4 is 10.4 Å². The zero-order chi connectivity index (χ0) is 17.6. The van der Waals surface area contributed by atoms with Gasteiger partial charge in [-0.1, -0.05) is 88.1 Å². The van der Waals surface area contributed by atoms with Crippen LogP contribution in [0.5, 0.6) is 5.75 Å². The molecule has 0 aliphatic heterocycles. The highest BCUT2D eigenvalue weighted by Gasteiger charge is 2.41. The van der Waals surface area contributed by atoms with Crippen molar-refractivity contribution in [2.24, 2.45) is 0 Å². The van der Waals surface area contributed by atoms with Crippen molar-refractivity contribution < 1.29 is 5.11 Å². The third-order valence-corrected chi connectivity index (χ3v) is 15.2. The molecule has 3 heteroatoms. The van der Waals surface area contributed by atoms with Gasteiger partial charge in [-0.3, -0.25) is 0 Å². The molecular formula is C20H32OSi2. The second kappa shape index (κ2) is 5.78. The molecular weight excluding hydrogens is 312 g/mol. The summed E-state index contributed by atoms with van der Waals surface area (Å²) in [5.41, 5.74) is 1.28. The molecule has 1 aromatic rings. The molecule has 1 aromatic carbocycles. The molecule has 0 amide bonds. The molecule has 0 fully saturated rings. The van der Waals surface area contributed by atoms with E-state index in [4.69, 9.17) is 0 Å². The van der Waals surface area contributed by atoms with Crippen molar-refractivity contribution in [1.29, 1.82) is 0 Å². The predicted molar refractivity (Wildman–Crippen MR) is 109 cm³/mol. The zero-order valence-corrected chi connectivity index (χ0v) is 18.0. The van der Waals surface area contributed by atoms with Crippen LogP contribution in [0.4, 0.5) is 0 Å². The second-order valence-electron chi connectivity index (χ2n) is 9.03. The van der Waals surface area contributed by atoms with Crippen LogP contribution in [0.2, 0.25) is 31.2 Å². The Morgan fingerprint density at radius 2 is 1.57 bits per heavy atom. The maximum atomic E-state index is 11.2. The predicted octanol–water partition coefficient (Wildman–Crippen LogP) is 4.76. The molecule has 0 atom stereocenters. The summed E-state index contributed by atoms with van der Waals surface area (Å²) in [6.07, 6.45) is 7.69. The molecule has 2 rings (SSSR count). The first-order chi connectivity index (χ1) is 10.4. The van der Waals surface area contributed by atoms with Gasteiger partial charge in [-0.25, -0.2) is 0 Å². The molecule has 0 saturated carbocycles. The number of rotatable bonds is 3. The first-order valence-electron chi connectivity index (χ1n) is 8.60. The fourth-order valence-electron chi connectivity index (χ4n) is 3.22. The molecule has 1 nitrogen and oxygen atoms in total. The van der Waals surface area contributed by atoms with Crippen LogP contribution in [0.25, 0.3) is 0 Å². The molecule has 0 radical (unpaired) electrons. The number of hydrogen-bond acceptors (Lipinski definition) is 1. The summed E-state index contributed by atoms with van der Waals surface area (Å²) in [6.45, 7) is 18.6. The van der Waals surface area contributed by atoms with Gasteiger partial charge in [0, 0.05) is 0 Å². The van der Waals surface area contributed by atoms with E-state index in [1.807, 2.05) is 0 Å². The summed E-state index contributed by atoms with van der Waals surface area (Å²) in [5, 5.41) is 15.4. The average molecular weight is 345 g/mol. The number of allylic oxidation sites excluding steroid dienone is 4. The van der Waals surface area contributed by atoms with Crippen LogP contribution in [-0.4, -0.2) is 21.3 Å². The molecule has 1 aliphatic carbocycles. The fourth-order valence-corrected chi connectivity index (χ4v) is 8.27. The number of phenolic OH excluding ortho intramolecular Hbond substituents is 1. The smallest absolute Gasteiger partial charge is 0.114 e. The Balaban J connectivity index is 2.65. The van der Waals surface area contributed by atoms with E-state index in [9.17, 15) is 5.11 Å². The van der Waals surface area contributed by atoms with Gasteiger partial charge < -0.3 is 5.11 Å². The summed E-state index contributed by atoms with van der Waals surface area (Å²) in [5.74, 6) is 0.589. The van der Waals surface area contributed by atoms with Gasteiger partial charge in [-0.15, -0.1) is 0 Å². The largest absolute Gasteiger partial charge is 0.508 e. The highest BCUT2D eigenvalue weighted by molar-refractivity contribution is 6.98. The van der Waals surface area contributed by atoms with Gasteiger partial charge in [0.25, 0.3) is 0 Å². The van der Waals surface area contributed by atoms with Crippen LogP contribution in [0.3, 0.4) is 0 Å². The zero-order valence-electron chi connectivity index (χ0n) is 16.0. The molecule has 126 valence electrons. The second-order valence-corrected chi connectivity index (χ2v) is 18.8. The Labute approximate surface area is 144 Å². The Bertz CT molecular complexity index is 674. The molecule has 0 unspecified atom stereocenters. The number of hydrogen-bond donors (Lipinski definition) is 1. The van der Waals surface area contributed by atoms with E-state index in [1.165, 1.54) is 21.1 Å². The minimum absolute atomic E-state index is 0.218. The van der Waals surface area contributed by atoms with E-state index < -0.39 is 16.1 Å². The van der Waals surface area contributed by atoms with Crippen molar-refractivity contribution in [3.05, 3.63) is 41.1 Å². The van der Waals surface area contributed by atoms with Crippen LogP contribution >= 0.6 is 0 Å². The summed E-state index contributed by atoms with van der Waals surface area (Å²) in [6, 6.07) is 4.47. The molecule has 1 aliphatic rings. The van der Waals surface area contributed by atoms with Gasteiger partial charge in [-0.05, 0) is 28.8 Å². The summed E-state index contributed by atoms with van der Waals surface area (Å²) in [7, 11) is -3.59. The van der Waals surface area contributed by atoms with Gasteiger partial charge in [0.15, 0.2) is 0 Å². The number of aryl methyl sites for hydroxylation is 1. The van der Waals surface area contributed by atoms with Crippen molar-refractivity contribution in [1.82, 2.24) is 0 Å². The van der Waals surface area contributed by atoms with Crippen LogP contribution in [0, 0.1) is 6.92 Å². The number of aromatic hydroxyl groups is 1. The standard InChI is InChI=1S/C20H32OSi2/c1-15-13-17(22(5,6)16-11-9-10-12-16)19(21)18(14-15)23(7,8)20(2,3)4/h9-11,13-14,21H,12H2,1-8H3. The van der Waals surface area contributed by atoms with Gasteiger partial charge in [0.05, 0.1) is 8.07 Å². The first-order valence-corrected chi connectivity index (χ1v) is 14.6. The van der Waals surface area contributed by atoms with E-state index in [0.29, 0.717) is 5.75 Å². The average Bonchev–Trinajstić information content (AvgIpc) is 2.94. The first kappa shape index (κ1) is 18.3. The van der Waals surface area contributed by atoms with Gasteiger partial charge in [0.1, 0.15) is 13.8 Å². The van der Waals surface area contributed by atoms with E-state index in [1.54, 1.807) is 0 Å². The van der Waals surface area contributed by atoms with Gasteiger partial charge in [-0.2, -0.15) is 0 Å². The van der Waals surface area contributed by atoms with Crippen molar-refractivity contribution in [2.75, 3.05) is 0 Å². The quantitative estimate of drug-likeness (QED) is 0.784. The van der Waals surface area contributed by atoms with E-state index in [0.717, 1.165) is 6.42 Å². The summed E-state index contributed by atoms with van der Waals surface area (Å²) in [4.78, 5) is 0. The molecule has 1 N–H and O–H groups in total. The maximum absolute atomic E-state index is 11.2. The fraction of sp³-hybridized carbons (Fsp3) is 0.500. The van der Waals surface area contributed by atoms with Crippen molar-refractivity contribution in [3.63, 3.8) is 0 Å². The number of phenols is 1. The Morgan fingerprint density at radius 3 is 2.04 bits per heavy atom. The summed E-state index contributed by atoms with van der Waals surface area (Å²) >= 11 is 0. The Hall–Kier alpha value is -1.07. The normalized spacial score (nSPS) is 15.9. The van der Waals surface area contributed by atoms with Crippen LogP contribution in [-0.2, 0) is 0 Å². The third-order valence-electron chi connectivity index (χ3n) is 6.05. The van der Waals surface area contributed by atoms with Crippen molar-refractivity contribution in [3.8, 4) is 5.75 Å². The topological polar surface area (TPSA) is 20.2 Å². The van der Waals surface area contributed by atoms with E-state index >= 15 is 0 Å². The lowest BCUT2D eigenvalue weighted by atomic mass is 10.2. The van der Waals surface area contributed by atoms with E-state index in [-0.39, 0.29) is 5.04 Å². The Morgan fingerprint density at radius 1 is 1.00 bits per heavy atom. The van der Waals surface area contributed by atoms with Gasteiger partial charge >= 0.3 is 0 Å². The van der Waals surface area contributed by atoms with Gasteiger partial charge in [0.2, 0.25) is 0 Å². The third kappa shape index (κ3) is 3.13. The highest BCUT2D eigenvalue weighted by Crippen LogP contribution is 2.37. The minimum atomic E-state index is -1.82.